The molecule has 1 aliphatic heterocycles. The first-order valence-electron chi connectivity index (χ1n) is 5.15. The number of nitrogens with zero attached hydrogens (tertiary/aromatic N) is 2. The first-order valence-corrected chi connectivity index (χ1v) is 5.59. The van der Waals surface area contributed by atoms with Crippen LogP contribution in [0.4, 0.5) is 0 Å². The lowest BCUT2D eigenvalue weighted by Gasteiger charge is -2.27. The van der Waals surface area contributed by atoms with Gasteiger partial charge in [0.2, 0.25) is 0 Å². The molecule has 2 aliphatic rings. The molecule has 15 heavy (non-hydrogen) atoms. The molecule has 0 bridgehead atoms. The number of azo groups is 1. The van der Waals surface area contributed by atoms with Gasteiger partial charge in [-0.1, -0.05) is 41.9 Å². The Morgan fingerprint density at radius 1 is 1.20 bits per heavy atom. The average molecular weight is 219 g/mol. The zero-order valence-electron chi connectivity index (χ0n) is 8.23. The molecular weight excluding hydrogens is 208 g/mol. The summed E-state index contributed by atoms with van der Waals surface area (Å²) in [5.41, 5.74) is 3.81. The van der Waals surface area contributed by atoms with Crippen molar-refractivity contribution in [1.82, 2.24) is 0 Å². The summed E-state index contributed by atoms with van der Waals surface area (Å²) in [6.45, 7) is 0. The quantitative estimate of drug-likeness (QED) is 0.361. The maximum atomic E-state index is 5.96. The lowest BCUT2D eigenvalue weighted by Crippen LogP contribution is -2.15. The van der Waals surface area contributed by atoms with Gasteiger partial charge in [0, 0.05) is 6.42 Å². The first-order chi connectivity index (χ1) is 7.34. The lowest BCUT2D eigenvalue weighted by atomic mass is 9.86. The molecule has 0 aromatic heterocycles. The first kappa shape index (κ1) is 9.10. The van der Waals surface area contributed by atoms with Gasteiger partial charge in [0.05, 0.1) is 0 Å². The summed E-state index contributed by atoms with van der Waals surface area (Å²) in [7, 11) is 0. The van der Waals surface area contributed by atoms with Crippen LogP contribution in [0, 0.1) is 0 Å². The molecule has 0 fully saturated rings. The third-order valence-electron chi connectivity index (χ3n) is 3.00. The fourth-order valence-electron chi connectivity index (χ4n) is 2.24. The highest BCUT2D eigenvalue weighted by molar-refractivity contribution is 6.20. The van der Waals surface area contributed by atoms with E-state index in [2.05, 4.69) is 40.6 Å². The fraction of sp³-hybridized carbons (Fsp3) is 0.333. The highest BCUT2D eigenvalue weighted by Crippen LogP contribution is 2.39. The minimum Gasteiger partial charge on any atom is -0.180 e. The maximum Gasteiger partial charge on any atom is 0.148 e. The Kier molecular flexibility index (Phi) is 2.10. The van der Waals surface area contributed by atoms with Crippen LogP contribution in [0.5, 0.6) is 0 Å². The van der Waals surface area contributed by atoms with Crippen molar-refractivity contribution in [2.75, 3.05) is 0 Å². The van der Waals surface area contributed by atoms with Crippen LogP contribution in [0.25, 0.3) is 0 Å². The smallest absolute Gasteiger partial charge is 0.148 e. The number of hydrogen-bond acceptors (Lipinski definition) is 2. The van der Waals surface area contributed by atoms with Gasteiger partial charge in [-0.3, -0.25) is 0 Å². The SMILES string of the molecule is ClC1CC2=CCc3ccccc3C2N=N1. The van der Waals surface area contributed by atoms with Crippen molar-refractivity contribution in [1.29, 1.82) is 0 Å². The average Bonchev–Trinajstić information content (AvgIpc) is 2.28. The Morgan fingerprint density at radius 2 is 2.07 bits per heavy atom. The summed E-state index contributed by atoms with van der Waals surface area (Å²) in [6.07, 6.45) is 4.09. The van der Waals surface area contributed by atoms with Gasteiger partial charge in [-0.05, 0) is 23.1 Å². The van der Waals surface area contributed by atoms with Crippen molar-refractivity contribution in [3.8, 4) is 0 Å². The summed E-state index contributed by atoms with van der Waals surface area (Å²) in [5, 5.41) is 8.36. The van der Waals surface area contributed by atoms with Gasteiger partial charge in [-0.2, -0.15) is 10.2 Å². The van der Waals surface area contributed by atoms with E-state index in [1.165, 1.54) is 16.7 Å². The van der Waals surface area contributed by atoms with Crippen molar-refractivity contribution >= 4 is 11.6 Å². The fourth-order valence-corrected chi connectivity index (χ4v) is 2.47. The molecule has 3 heteroatoms. The number of alkyl halides is 1. The van der Waals surface area contributed by atoms with Crippen molar-refractivity contribution in [3.05, 3.63) is 47.0 Å². The van der Waals surface area contributed by atoms with Crippen LogP contribution in [0.3, 0.4) is 0 Å². The number of benzene rings is 1. The summed E-state index contributed by atoms with van der Waals surface area (Å²) in [5.74, 6) is 0. The predicted molar refractivity (Wildman–Crippen MR) is 60.1 cm³/mol. The van der Waals surface area contributed by atoms with Crippen LogP contribution in [0.1, 0.15) is 23.6 Å². The molecule has 1 aromatic rings. The Hall–Kier alpha value is -1.15. The van der Waals surface area contributed by atoms with Crippen LogP contribution < -0.4 is 0 Å². The maximum absolute atomic E-state index is 5.96. The lowest BCUT2D eigenvalue weighted by molar-refractivity contribution is 0.608. The second-order valence-electron chi connectivity index (χ2n) is 3.95. The molecule has 1 heterocycles. The minimum atomic E-state index is -0.169. The van der Waals surface area contributed by atoms with Crippen LogP contribution in [-0.4, -0.2) is 5.50 Å². The molecule has 2 atom stereocenters. The van der Waals surface area contributed by atoms with Crippen molar-refractivity contribution < 1.29 is 0 Å². The monoisotopic (exact) mass is 218 g/mol. The van der Waals surface area contributed by atoms with Crippen LogP contribution in [0.15, 0.2) is 46.1 Å². The Bertz CT molecular complexity index is 451. The topological polar surface area (TPSA) is 24.7 Å². The van der Waals surface area contributed by atoms with E-state index in [9.17, 15) is 0 Å². The molecule has 0 saturated heterocycles. The molecule has 2 nitrogen and oxygen atoms in total. The molecular formula is C12H11ClN2. The molecule has 0 radical (unpaired) electrons. The molecule has 3 rings (SSSR count). The van der Waals surface area contributed by atoms with E-state index in [1.54, 1.807) is 0 Å². The molecule has 2 unspecified atom stereocenters. The number of rotatable bonds is 0. The third-order valence-corrected chi connectivity index (χ3v) is 3.24. The van der Waals surface area contributed by atoms with Gasteiger partial charge in [0.1, 0.15) is 11.5 Å². The predicted octanol–water partition coefficient (Wildman–Crippen LogP) is 3.63. The van der Waals surface area contributed by atoms with Crippen LogP contribution in [0.2, 0.25) is 0 Å². The van der Waals surface area contributed by atoms with E-state index < -0.39 is 0 Å². The second kappa shape index (κ2) is 3.46. The minimum absolute atomic E-state index is 0.130. The van der Waals surface area contributed by atoms with Gasteiger partial charge in [-0.25, -0.2) is 0 Å². The van der Waals surface area contributed by atoms with E-state index in [0.29, 0.717) is 0 Å². The van der Waals surface area contributed by atoms with Crippen molar-refractivity contribution in [3.63, 3.8) is 0 Å². The summed E-state index contributed by atoms with van der Waals surface area (Å²) in [4.78, 5) is 0. The highest BCUT2D eigenvalue weighted by Gasteiger charge is 2.27. The van der Waals surface area contributed by atoms with E-state index in [1.807, 2.05) is 0 Å². The van der Waals surface area contributed by atoms with Gasteiger partial charge in [0.15, 0.2) is 0 Å². The van der Waals surface area contributed by atoms with Crippen molar-refractivity contribution in [2.24, 2.45) is 10.2 Å². The normalized spacial score (nSPS) is 27.9. The number of hydrogen-bond donors (Lipinski definition) is 0. The number of halogens is 1. The number of fused-ring (bicyclic) bond motifs is 3. The Balaban J connectivity index is 2.08. The van der Waals surface area contributed by atoms with E-state index in [4.69, 9.17) is 11.6 Å². The zero-order chi connectivity index (χ0) is 10.3. The van der Waals surface area contributed by atoms with Gasteiger partial charge in [-0.15, -0.1) is 0 Å². The van der Waals surface area contributed by atoms with Crippen LogP contribution in [-0.2, 0) is 6.42 Å². The standard InChI is InChI=1S/C12H11ClN2/c13-11-7-9-6-5-8-3-1-2-4-10(8)12(9)15-14-11/h1-4,6,11-12H,5,7H2. The van der Waals surface area contributed by atoms with E-state index >= 15 is 0 Å². The molecule has 0 N–H and O–H groups in total. The number of allylic oxidation sites excluding steroid dienone is 1. The van der Waals surface area contributed by atoms with E-state index in [0.717, 1.165) is 12.8 Å². The molecule has 1 aliphatic carbocycles. The molecule has 0 amide bonds. The highest BCUT2D eigenvalue weighted by atomic mass is 35.5. The summed E-state index contributed by atoms with van der Waals surface area (Å²) >= 11 is 5.96. The van der Waals surface area contributed by atoms with E-state index in [-0.39, 0.29) is 11.5 Å². The Morgan fingerprint density at radius 3 is 3.00 bits per heavy atom. The summed E-state index contributed by atoms with van der Waals surface area (Å²) in [6, 6.07) is 8.56. The molecule has 0 saturated carbocycles. The van der Waals surface area contributed by atoms with Gasteiger partial charge in [0.25, 0.3) is 0 Å². The van der Waals surface area contributed by atoms with Gasteiger partial charge < -0.3 is 0 Å². The van der Waals surface area contributed by atoms with Gasteiger partial charge >= 0.3 is 0 Å². The zero-order valence-corrected chi connectivity index (χ0v) is 8.98. The molecule has 0 spiro atoms. The third kappa shape index (κ3) is 1.49. The Labute approximate surface area is 93.7 Å². The largest absolute Gasteiger partial charge is 0.180 e. The second-order valence-corrected chi connectivity index (χ2v) is 4.46. The molecule has 76 valence electrons. The van der Waals surface area contributed by atoms with Crippen molar-refractivity contribution in [2.45, 2.75) is 24.4 Å². The summed E-state index contributed by atoms with van der Waals surface area (Å²) < 4.78 is 0. The molecule has 1 aromatic carbocycles. The van der Waals surface area contributed by atoms with Crippen LogP contribution >= 0.6 is 11.6 Å².